The molecule has 36 heavy (non-hydrogen) atoms. The van der Waals surface area contributed by atoms with Crippen LogP contribution in [0, 0.1) is 17.8 Å². The van der Waals surface area contributed by atoms with E-state index in [9.17, 15) is 9.90 Å². The molecule has 2 fully saturated rings. The van der Waals surface area contributed by atoms with E-state index < -0.39 is 11.5 Å². The molecule has 5 heteroatoms. The molecule has 3 aliphatic rings. The number of fused-ring (bicyclic) bond motifs is 2. The Balaban J connectivity index is 1.22. The molecule has 2 N–H and O–H groups in total. The molecule has 4 nitrogen and oxygen atoms in total. The van der Waals surface area contributed by atoms with Crippen molar-refractivity contribution in [2.75, 3.05) is 11.9 Å². The molecule has 0 heterocycles. The molecule has 3 aliphatic carbocycles. The molecule has 6 rings (SSSR count). The van der Waals surface area contributed by atoms with Gasteiger partial charge >= 0.3 is 5.97 Å². The number of ether oxygens (including phenoxy) is 1. The van der Waals surface area contributed by atoms with Crippen LogP contribution < -0.4 is 10.1 Å². The normalized spacial score (nSPS) is 30.5. The Morgan fingerprint density at radius 2 is 1.72 bits per heavy atom. The van der Waals surface area contributed by atoms with Gasteiger partial charge < -0.3 is 15.2 Å². The predicted molar refractivity (Wildman–Crippen MR) is 143 cm³/mol. The van der Waals surface area contributed by atoms with Crippen LogP contribution in [0.15, 0.2) is 78.9 Å². The number of hydrogen-bond donors (Lipinski definition) is 2. The largest absolute Gasteiger partial charge is 0.493 e. The van der Waals surface area contributed by atoms with Crippen molar-refractivity contribution in [3.63, 3.8) is 0 Å². The van der Waals surface area contributed by atoms with Gasteiger partial charge in [0.25, 0.3) is 0 Å². The van der Waals surface area contributed by atoms with Gasteiger partial charge in [-0.05, 0) is 103 Å². The fourth-order valence-electron chi connectivity index (χ4n) is 7.05. The summed E-state index contributed by atoms with van der Waals surface area (Å²) in [5, 5.41) is 14.3. The zero-order chi connectivity index (χ0) is 24.8. The van der Waals surface area contributed by atoms with Gasteiger partial charge in [-0.15, -0.1) is 0 Å². The first-order valence-electron chi connectivity index (χ1n) is 13.0. The van der Waals surface area contributed by atoms with Crippen LogP contribution in [-0.4, -0.2) is 23.2 Å². The van der Waals surface area contributed by atoms with Gasteiger partial charge in [-0.3, -0.25) is 0 Å². The van der Waals surface area contributed by atoms with Crippen molar-refractivity contribution in [3.05, 3.63) is 95.0 Å². The number of rotatable bonds is 7. The quantitative estimate of drug-likeness (QED) is 0.367. The standard InChI is InChI=1S/C31H32ClNO3/c32-23-8-6-9-24(19-23)33-31(29(34)35)15-13-30(14-16-31)27-12-5-4-7-21(27)18-28(30)26-17-22(26)20-36-25-10-2-1-3-11-25/h1-12,19,22,26,28,33H,13-18,20H2,(H,34,35)/t22-,26+,28-,30?,31?/m1/s1. The number of anilines is 1. The lowest BCUT2D eigenvalue weighted by atomic mass is 9.59. The van der Waals surface area contributed by atoms with E-state index in [-0.39, 0.29) is 5.41 Å². The van der Waals surface area contributed by atoms with E-state index in [1.807, 2.05) is 54.6 Å². The summed E-state index contributed by atoms with van der Waals surface area (Å²) < 4.78 is 6.11. The average Bonchev–Trinajstić information content (AvgIpc) is 3.60. The Hall–Kier alpha value is -2.98. The summed E-state index contributed by atoms with van der Waals surface area (Å²) in [6.45, 7) is 0.757. The summed E-state index contributed by atoms with van der Waals surface area (Å²) in [5.41, 5.74) is 2.73. The smallest absolute Gasteiger partial charge is 0.329 e. The molecular weight excluding hydrogens is 470 g/mol. The van der Waals surface area contributed by atoms with Crippen LogP contribution in [0.4, 0.5) is 5.69 Å². The SMILES string of the molecule is O=C(O)C1(Nc2cccc(Cl)c2)CCC2(CC1)c1ccccc1C[C@@H]2[C@H]1C[C@@H]1COc1ccccc1. The minimum absolute atomic E-state index is 0.0394. The molecule has 0 saturated heterocycles. The Morgan fingerprint density at radius 1 is 0.972 bits per heavy atom. The van der Waals surface area contributed by atoms with Gasteiger partial charge in [0.15, 0.2) is 0 Å². The van der Waals surface area contributed by atoms with Crippen LogP contribution in [0.1, 0.15) is 43.2 Å². The molecule has 0 aromatic heterocycles. The van der Waals surface area contributed by atoms with Crippen LogP contribution in [0.3, 0.4) is 0 Å². The van der Waals surface area contributed by atoms with Gasteiger partial charge in [-0.2, -0.15) is 0 Å². The Morgan fingerprint density at radius 3 is 2.47 bits per heavy atom. The average molecular weight is 502 g/mol. The summed E-state index contributed by atoms with van der Waals surface area (Å²) in [6.07, 6.45) is 5.21. The second-order valence-electron chi connectivity index (χ2n) is 10.9. The maximum atomic E-state index is 12.6. The number of benzene rings is 3. The highest BCUT2D eigenvalue weighted by atomic mass is 35.5. The summed E-state index contributed by atoms with van der Waals surface area (Å²) >= 11 is 6.18. The first-order chi connectivity index (χ1) is 17.5. The lowest BCUT2D eigenvalue weighted by Crippen LogP contribution is -2.53. The topological polar surface area (TPSA) is 58.6 Å². The fraction of sp³-hybridized carbons (Fsp3) is 0.387. The van der Waals surface area contributed by atoms with E-state index in [4.69, 9.17) is 16.3 Å². The molecular formula is C31H32ClNO3. The van der Waals surface area contributed by atoms with Crippen molar-refractivity contribution in [2.24, 2.45) is 17.8 Å². The summed E-state index contributed by atoms with van der Waals surface area (Å²) in [6, 6.07) is 26.3. The number of para-hydroxylation sites is 1. The zero-order valence-corrected chi connectivity index (χ0v) is 21.1. The number of aliphatic carboxylic acids is 1. The van der Waals surface area contributed by atoms with Crippen molar-refractivity contribution in [1.29, 1.82) is 0 Å². The second-order valence-corrected chi connectivity index (χ2v) is 11.4. The molecule has 1 spiro atoms. The molecule has 0 unspecified atom stereocenters. The summed E-state index contributed by atoms with van der Waals surface area (Å²) in [4.78, 5) is 12.6. The second kappa shape index (κ2) is 9.15. The third kappa shape index (κ3) is 4.16. The van der Waals surface area contributed by atoms with E-state index in [0.29, 0.717) is 35.6 Å². The van der Waals surface area contributed by atoms with Gasteiger partial charge in [-0.1, -0.05) is 60.1 Å². The van der Waals surface area contributed by atoms with Crippen molar-refractivity contribution in [2.45, 2.75) is 49.5 Å². The fourth-order valence-corrected chi connectivity index (χ4v) is 7.24. The first-order valence-corrected chi connectivity index (χ1v) is 13.4. The first kappa shape index (κ1) is 23.4. The van der Waals surface area contributed by atoms with E-state index in [2.05, 4.69) is 29.6 Å². The minimum Gasteiger partial charge on any atom is -0.493 e. The van der Waals surface area contributed by atoms with Crippen LogP contribution >= 0.6 is 11.6 Å². The number of nitrogens with one attached hydrogen (secondary N) is 1. The van der Waals surface area contributed by atoms with Crippen LogP contribution in [0.2, 0.25) is 5.02 Å². The third-order valence-electron chi connectivity index (χ3n) is 9.02. The van der Waals surface area contributed by atoms with E-state index in [1.165, 1.54) is 17.5 Å². The van der Waals surface area contributed by atoms with Gasteiger partial charge in [0.05, 0.1) is 6.61 Å². The molecule has 0 amide bonds. The van der Waals surface area contributed by atoms with Gasteiger partial charge in [-0.25, -0.2) is 4.79 Å². The summed E-state index contributed by atoms with van der Waals surface area (Å²) in [7, 11) is 0. The third-order valence-corrected chi connectivity index (χ3v) is 9.25. The molecule has 0 bridgehead atoms. The Kier molecular flexibility index (Phi) is 5.95. The highest BCUT2D eigenvalue weighted by molar-refractivity contribution is 6.30. The number of carboxylic acids is 1. The Labute approximate surface area is 217 Å². The molecule has 3 atom stereocenters. The van der Waals surface area contributed by atoms with Crippen molar-refractivity contribution >= 4 is 23.3 Å². The molecule has 3 aromatic carbocycles. The van der Waals surface area contributed by atoms with Gasteiger partial charge in [0.2, 0.25) is 0 Å². The maximum absolute atomic E-state index is 12.6. The maximum Gasteiger partial charge on any atom is 0.329 e. The number of halogens is 1. The Bertz CT molecular complexity index is 1250. The molecule has 0 radical (unpaired) electrons. The lowest BCUT2D eigenvalue weighted by Gasteiger charge is -2.47. The lowest BCUT2D eigenvalue weighted by molar-refractivity contribution is -0.144. The van der Waals surface area contributed by atoms with Crippen molar-refractivity contribution in [1.82, 2.24) is 0 Å². The molecule has 0 aliphatic heterocycles. The van der Waals surface area contributed by atoms with E-state index in [0.717, 1.165) is 37.3 Å². The molecule has 3 aromatic rings. The van der Waals surface area contributed by atoms with Crippen LogP contribution in [0.25, 0.3) is 0 Å². The molecule has 186 valence electrons. The van der Waals surface area contributed by atoms with Gasteiger partial charge in [0, 0.05) is 10.7 Å². The zero-order valence-electron chi connectivity index (χ0n) is 20.3. The monoisotopic (exact) mass is 501 g/mol. The minimum atomic E-state index is -0.975. The van der Waals surface area contributed by atoms with Crippen molar-refractivity contribution < 1.29 is 14.6 Å². The van der Waals surface area contributed by atoms with Crippen LogP contribution in [-0.2, 0) is 16.6 Å². The van der Waals surface area contributed by atoms with E-state index >= 15 is 0 Å². The number of carbonyl (C=O) groups is 1. The predicted octanol–water partition coefficient (Wildman–Crippen LogP) is 6.97. The van der Waals surface area contributed by atoms with Crippen LogP contribution in [0.5, 0.6) is 5.75 Å². The van der Waals surface area contributed by atoms with Gasteiger partial charge in [0.1, 0.15) is 11.3 Å². The highest BCUT2D eigenvalue weighted by Gasteiger charge is 2.59. The number of hydrogen-bond acceptors (Lipinski definition) is 3. The van der Waals surface area contributed by atoms with Crippen molar-refractivity contribution in [3.8, 4) is 5.75 Å². The highest BCUT2D eigenvalue weighted by Crippen LogP contribution is 2.62. The van der Waals surface area contributed by atoms with E-state index in [1.54, 1.807) is 0 Å². The summed E-state index contributed by atoms with van der Waals surface area (Å²) in [5.74, 6) is 1.89. The molecule has 2 saturated carbocycles. The number of carboxylic acid groups (broad SMARTS) is 1.